The lowest BCUT2D eigenvalue weighted by Crippen LogP contribution is -2.29. The van der Waals surface area contributed by atoms with E-state index in [4.69, 9.17) is 4.74 Å². The number of carbonyl (C=O) groups is 2. The molecule has 0 radical (unpaired) electrons. The third-order valence-electron chi connectivity index (χ3n) is 3.30. The number of hydrogen-bond donors (Lipinski definition) is 3. The van der Waals surface area contributed by atoms with Gasteiger partial charge in [-0.05, 0) is 56.5 Å². The standard InChI is InChI=1S/C16H23N3O3/c1-2-18-16(21)11-22-14-7-5-13(6-8-14)19-15(20)10-17-9-12-3-4-12/h5-8,12,17H,2-4,9-11H2,1H3,(H,18,21)(H,19,20). The van der Waals surface area contributed by atoms with Gasteiger partial charge in [0.05, 0.1) is 6.54 Å². The fourth-order valence-electron chi connectivity index (χ4n) is 1.95. The SMILES string of the molecule is CCNC(=O)COc1ccc(NC(=O)CNCC2CC2)cc1. The van der Waals surface area contributed by atoms with E-state index in [9.17, 15) is 9.59 Å². The van der Waals surface area contributed by atoms with E-state index in [0.717, 1.165) is 12.5 Å². The number of nitrogens with one attached hydrogen (secondary N) is 3. The Morgan fingerprint density at radius 2 is 1.91 bits per heavy atom. The maximum absolute atomic E-state index is 11.7. The molecule has 1 saturated carbocycles. The lowest BCUT2D eigenvalue weighted by molar-refractivity contribution is -0.123. The van der Waals surface area contributed by atoms with Crippen molar-refractivity contribution >= 4 is 17.5 Å². The van der Waals surface area contributed by atoms with Crippen molar-refractivity contribution in [3.05, 3.63) is 24.3 Å². The van der Waals surface area contributed by atoms with Gasteiger partial charge >= 0.3 is 0 Å². The molecule has 0 bridgehead atoms. The van der Waals surface area contributed by atoms with E-state index in [0.29, 0.717) is 24.5 Å². The van der Waals surface area contributed by atoms with Crippen molar-refractivity contribution in [3.63, 3.8) is 0 Å². The fraction of sp³-hybridized carbons (Fsp3) is 0.500. The van der Waals surface area contributed by atoms with E-state index >= 15 is 0 Å². The second-order valence-electron chi connectivity index (χ2n) is 5.39. The number of likely N-dealkylation sites (N-methyl/N-ethyl adjacent to an activating group) is 1. The largest absolute Gasteiger partial charge is 0.484 e. The molecule has 1 aromatic carbocycles. The molecule has 6 nitrogen and oxygen atoms in total. The first-order valence-corrected chi connectivity index (χ1v) is 7.67. The van der Waals surface area contributed by atoms with Gasteiger partial charge in [0.15, 0.2) is 6.61 Å². The van der Waals surface area contributed by atoms with Crippen molar-refractivity contribution in [2.45, 2.75) is 19.8 Å². The summed E-state index contributed by atoms with van der Waals surface area (Å²) in [5, 5.41) is 8.61. The van der Waals surface area contributed by atoms with Gasteiger partial charge in [0.25, 0.3) is 5.91 Å². The number of amides is 2. The number of ether oxygens (including phenoxy) is 1. The van der Waals surface area contributed by atoms with Gasteiger partial charge in [-0.25, -0.2) is 0 Å². The smallest absolute Gasteiger partial charge is 0.257 e. The van der Waals surface area contributed by atoms with Crippen molar-refractivity contribution in [1.29, 1.82) is 0 Å². The second-order valence-corrected chi connectivity index (χ2v) is 5.39. The Kier molecular flexibility index (Phi) is 6.21. The summed E-state index contributed by atoms with van der Waals surface area (Å²) in [6, 6.07) is 6.97. The molecular weight excluding hydrogens is 282 g/mol. The molecule has 22 heavy (non-hydrogen) atoms. The third-order valence-corrected chi connectivity index (χ3v) is 3.30. The van der Waals surface area contributed by atoms with E-state index in [1.807, 2.05) is 6.92 Å². The molecule has 0 spiro atoms. The Morgan fingerprint density at radius 1 is 1.18 bits per heavy atom. The molecule has 0 aliphatic heterocycles. The van der Waals surface area contributed by atoms with Gasteiger partial charge in [0.2, 0.25) is 5.91 Å². The Balaban J connectivity index is 1.68. The minimum atomic E-state index is -0.151. The monoisotopic (exact) mass is 305 g/mol. The molecule has 2 amide bonds. The molecule has 0 heterocycles. The zero-order chi connectivity index (χ0) is 15.8. The molecule has 0 aromatic heterocycles. The molecular formula is C16H23N3O3. The molecule has 0 atom stereocenters. The molecule has 1 aliphatic carbocycles. The lowest BCUT2D eigenvalue weighted by atomic mass is 10.3. The second kappa shape index (κ2) is 8.38. The highest BCUT2D eigenvalue weighted by atomic mass is 16.5. The Labute approximate surface area is 130 Å². The average molecular weight is 305 g/mol. The number of carbonyl (C=O) groups excluding carboxylic acids is 2. The highest BCUT2D eigenvalue weighted by Gasteiger charge is 2.20. The number of benzene rings is 1. The van der Waals surface area contributed by atoms with Crippen molar-refractivity contribution in [3.8, 4) is 5.75 Å². The highest BCUT2D eigenvalue weighted by Crippen LogP contribution is 2.27. The van der Waals surface area contributed by atoms with Crippen LogP contribution in [0.4, 0.5) is 5.69 Å². The van der Waals surface area contributed by atoms with Crippen LogP contribution in [0.3, 0.4) is 0 Å². The summed E-state index contributed by atoms with van der Waals surface area (Å²) in [6.45, 7) is 3.67. The topological polar surface area (TPSA) is 79.5 Å². The van der Waals surface area contributed by atoms with Crippen molar-refractivity contribution in [1.82, 2.24) is 10.6 Å². The number of hydrogen-bond acceptors (Lipinski definition) is 4. The third kappa shape index (κ3) is 6.13. The zero-order valence-electron chi connectivity index (χ0n) is 12.9. The molecule has 0 unspecified atom stereocenters. The van der Waals surface area contributed by atoms with Gasteiger partial charge in [-0.2, -0.15) is 0 Å². The summed E-state index contributed by atoms with van der Waals surface area (Å²) in [4.78, 5) is 23.0. The lowest BCUT2D eigenvalue weighted by Gasteiger charge is -2.09. The van der Waals surface area contributed by atoms with Gasteiger partial charge < -0.3 is 20.7 Å². The first-order valence-electron chi connectivity index (χ1n) is 7.67. The molecule has 1 aliphatic rings. The van der Waals surface area contributed by atoms with E-state index in [2.05, 4.69) is 16.0 Å². The fourth-order valence-corrected chi connectivity index (χ4v) is 1.95. The van der Waals surface area contributed by atoms with Gasteiger partial charge in [0.1, 0.15) is 5.75 Å². The van der Waals surface area contributed by atoms with Gasteiger partial charge in [0, 0.05) is 12.2 Å². The highest BCUT2D eigenvalue weighted by molar-refractivity contribution is 5.92. The van der Waals surface area contributed by atoms with Crippen LogP contribution in [-0.4, -0.2) is 38.1 Å². The number of rotatable bonds is 9. The van der Waals surface area contributed by atoms with Crippen molar-refractivity contribution in [2.75, 3.05) is 31.6 Å². The first kappa shape index (κ1) is 16.3. The number of anilines is 1. The summed E-state index contributed by atoms with van der Waals surface area (Å²) >= 11 is 0. The van der Waals surface area contributed by atoms with Crippen LogP contribution in [0.2, 0.25) is 0 Å². The zero-order valence-corrected chi connectivity index (χ0v) is 12.9. The summed E-state index contributed by atoms with van der Waals surface area (Å²) in [6.07, 6.45) is 2.54. The van der Waals surface area contributed by atoms with Crippen LogP contribution >= 0.6 is 0 Å². The van der Waals surface area contributed by atoms with Crippen LogP contribution in [0, 0.1) is 5.92 Å². The normalized spacial score (nSPS) is 13.5. The van der Waals surface area contributed by atoms with Crippen LogP contribution in [0.15, 0.2) is 24.3 Å². The van der Waals surface area contributed by atoms with E-state index in [-0.39, 0.29) is 18.4 Å². The predicted octanol–water partition coefficient (Wildman–Crippen LogP) is 1.14. The van der Waals surface area contributed by atoms with Crippen molar-refractivity contribution < 1.29 is 14.3 Å². The average Bonchev–Trinajstić information content (AvgIpc) is 3.31. The van der Waals surface area contributed by atoms with E-state index < -0.39 is 0 Å². The molecule has 120 valence electrons. The molecule has 2 rings (SSSR count). The summed E-state index contributed by atoms with van der Waals surface area (Å²) in [5.74, 6) is 1.14. The van der Waals surface area contributed by atoms with E-state index in [1.165, 1.54) is 12.8 Å². The minimum absolute atomic E-state index is 0.00929. The Morgan fingerprint density at radius 3 is 2.55 bits per heavy atom. The maximum Gasteiger partial charge on any atom is 0.257 e. The van der Waals surface area contributed by atoms with Crippen LogP contribution in [-0.2, 0) is 9.59 Å². The maximum atomic E-state index is 11.7. The summed E-state index contributed by atoms with van der Waals surface area (Å²) in [5.41, 5.74) is 0.712. The van der Waals surface area contributed by atoms with Gasteiger partial charge in [-0.3, -0.25) is 9.59 Å². The van der Waals surface area contributed by atoms with Crippen LogP contribution < -0.4 is 20.7 Å². The quantitative estimate of drug-likeness (QED) is 0.639. The Hall–Kier alpha value is -2.08. The van der Waals surface area contributed by atoms with Crippen LogP contribution in [0.1, 0.15) is 19.8 Å². The van der Waals surface area contributed by atoms with E-state index in [1.54, 1.807) is 24.3 Å². The minimum Gasteiger partial charge on any atom is -0.484 e. The summed E-state index contributed by atoms with van der Waals surface area (Å²) in [7, 11) is 0. The van der Waals surface area contributed by atoms with Gasteiger partial charge in [-0.15, -0.1) is 0 Å². The van der Waals surface area contributed by atoms with Crippen molar-refractivity contribution in [2.24, 2.45) is 5.92 Å². The molecule has 6 heteroatoms. The molecule has 1 aromatic rings. The van der Waals surface area contributed by atoms with Gasteiger partial charge in [-0.1, -0.05) is 0 Å². The van der Waals surface area contributed by atoms with Crippen LogP contribution in [0.5, 0.6) is 5.75 Å². The first-order chi connectivity index (χ1) is 10.7. The molecule has 1 fully saturated rings. The van der Waals surface area contributed by atoms with Crippen LogP contribution in [0.25, 0.3) is 0 Å². The molecule has 3 N–H and O–H groups in total. The predicted molar refractivity (Wildman–Crippen MR) is 84.8 cm³/mol. The Bertz CT molecular complexity index is 498. The molecule has 0 saturated heterocycles. The summed E-state index contributed by atoms with van der Waals surface area (Å²) < 4.78 is 5.34.